The summed E-state index contributed by atoms with van der Waals surface area (Å²) in [7, 11) is 0. The molecule has 0 saturated heterocycles. The van der Waals surface area contributed by atoms with Crippen molar-refractivity contribution in [3.05, 3.63) is 153 Å². The molecule has 2 aliphatic heterocycles. The summed E-state index contributed by atoms with van der Waals surface area (Å²) in [5, 5.41) is 22.6. The third-order valence-corrected chi connectivity index (χ3v) is 8.82. The third kappa shape index (κ3) is 5.97. The highest BCUT2D eigenvalue weighted by Crippen LogP contribution is 2.40. The second kappa shape index (κ2) is 13.1. The quantitative estimate of drug-likeness (QED) is 0.112. The Morgan fingerprint density at radius 1 is 0.980 bits per heavy atom. The maximum atomic E-state index is 14.2. The molecule has 4 aromatic carbocycles. The zero-order valence-electron chi connectivity index (χ0n) is 26.0. The molecule has 0 spiro atoms. The molecule has 15 heteroatoms. The van der Waals surface area contributed by atoms with E-state index in [4.69, 9.17) is 23.9 Å². The highest BCUT2D eigenvalue weighted by atomic mass is 32.1. The maximum Gasteiger partial charge on any atom is 0.338 e. The van der Waals surface area contributed by atoms with Gasteiger partial charge in [0.1, 0.15) is 5.75 Å². The highest BCUT2D eigenvalue weighted by molar-refractivity contribution is 7.07. The minimum Gasteiger partial charge on any atom is -0.463 e. The van der Waals surface area contributed by atoms with Crippen molar-refractivity contribution in [2.24, 2.45) is 4.99 Å². The third-order valence-electron chi connectivity index (χ3n) is 7.84. The Hall–Kier alpha value is -6.61. The normalized spacial score (nSPS) is 14.9. The average molecular weight is 693 g/mol. The van der Waals surface area contributed by atoms with Gasteiger partial charge in [0.15, 0.2) is 16.3 Å². The van der Waals surface area contributed by atoms with Crippen LogP contribution in [-0.2, 0) is 9.53 Å². The number of thiazole rings is 1. The van der Waals surface area contributed by atoms with Crippen molar-refractivity contribution >= 4 is 40.5 Å². The Balaban J connectivity index is 1.32. The number of hydrogen-bond donors (Lipinski definition) is 0. The maximum absolute atomic E-state index is 14.2. The number of esters is 1. The summed E-state index contributed by atoms with van der Waals surface area (Å²) >= 11 is 1.15. The number of hydrogen-bond acceptors (Lipinski definition) is 12. The zero-order valence-corrected chi connectivity index (χ0v) is 26.8. The van der Waals surface area contributed by atoms with Crippen LogP contribution >= 0.6 is 11.3 Å². The lowest BCUT2D eigenvalue weighted by atomic mass is 9.93. The highest BCUT2D eigenvalue weighted by Gasteiger charge is 2.36. The number of nitro groups is 2. The van der Waals surface area contributed by atoms with Gasteiger partial charge >= 0.3 is 11.7 Å². The van der Waals surface area contributed by atoms with Crippen LogP contribution in [0.2, 0.25) is 0 Å². The van der Waals surface area contributed by atoms with Crippen LogP contribution in [-0.4, -0.2) is 33.8 Å². The minimum absolute atomic E-state index is 0.0476. The Labute approximate surface area is 285 Å². The van der Waals surface area contributed by atoms with Gasteiger partial charge in [0.25, 0.3) is 11.2 Å². The smallest absolute Gasteiger partial charge is 0.338 e. The van der Waals surface area contributed by atoms with Crippen molar-refractivity contribution in [2.75, 3.05) is 13.4 Å². The second-order valence-corrected chi connectivity index (χ2v) is 11.9. The molecule has 1 atom stereocenters. The first kappa shape index (κ1) is 32.0. The molecular formula is C35H24N4O10S. The summed E-state index contributed by atoms with van der Waals surface area (Å²) in [5.74, 6) is 0.469. The molecule has 1 unspecified atom stereocenters. The summed E-state index contributed by atoms with van der Waals surface area (Å²) in [5.41, 5.74) is 1.04. The fourth-order valence-corrected chi connectivity index (χ4v) is 6.60. The van der Waals surface area contributed by atoms with E-state index in [0.29, 0.717) is 43.2 Å². The molecule has 7 rings (SSSR count). The molecule has 0 saturated carbocycles. The molecule has 14 nitrogen and oxygen atoms in total. The zero-order chi connectivity index (χ0) is 34.9. The molecule has 0 amide bonds. The number of ether oxygens (including phenoxy) is 4. The number of non-ortho nitro benzene ring substituents is 1. The Morgan fingerprint density at radius 2 is 1.74 bits per heavy atom. The van der Waals surface area contributed by atoms with Gasteiger partial charge in [-0.1, -0.05) is 59.9 Å². The monoisotopic (exact) mass is 692 g/mol. The second-order valence-electron chi connectivity index (χ2n) is 10.9. The van der Waals surface area contributed by atoms with Gasteiger partial charge in [0.05, 0.1) is 44.4 Å². The van der Waals surface area contributed by atoms with Crippen LogP contribution in [0.1, 0.15) is 29.7 Å². The molecule has 3 heterocycles. The van der Waals surface area contributed by atoms with Gasteiger partial charge in [0, 0.05) is 11.6 Å². The molecule has 250 valence electrons. The largest absolute Gasteiger partial charge is 0.463 e. The van der Waals surface area contributed by atoms with E-state index in [9.17, 15) is 29.8 Å². The lowest BCUT2D eigenvalue weighted by Crippen LogP contribution is -2.40. The Morgan fingerprint density at radius 3 is 2.46 bits per heavy atom. The van der Waals surface area contributed by atoms with E-state index in [0.717, 1.165) is 29.5 Å². The fourth-order valence-electron chi connectivity index (χ4n) is 5.60. The number of nitrogens with zero attached hydrogens (tertiary/aromatic N) is 4. The van der Waals surface area contributed by atoms with Gasteiger partial charge in [0.2, 0.25) is 12.5 Å². The summed E-state index contributed by atoms with van der Waals surface area (Å²) in [4.78, 5) is 54.2. The van der Waals surface area contributed by atoms with Crippen LogP contribution in [0.15, 0.2) is 106 Å². The van der Waals surface area contributed by atoms with Crippen molar-refractivity contribution in [2.45, 2.75) is 13.0 Å². The van der Waals surface area contributed by atoms with Crippen molar-refractivity contribution in [3.63, 3.8) is 0 Å². The first-order valence-electron chi connectivity index (χ1n) is 15.1. The predicted octanol–water partition coefficient (Wildman–Crippen LogP) is 5.27. The number of carbonyl (C=O) groups is 1. The van der Waals surface area contributed by atoms with E-state index >= 15 is 0 Å². The minimum atomic E-state index is -0.912. The van der Waals surface area contributed by atoms with Crippen molar-refractivity contribution in [1.82, 2.24) is 4.57 Å². The molecular weight excluding hydrogens is 668 g/mol. The van der Waals surface area contributed by atoms with Gasteiger partial charge in [-0.15, -0.1) is 0 Å². The molecule has 0 N–H and O–H groups in total. The number of benzene rings is 4. The van der Waals surface area contributed by atoms with E-state index < -0.39 is 38.8 Å². The first-order valence-corrected chi connectivity index (χ1v) is 15.9. The molecule has 1 aromatic heterocycles. The molecule has 0 bridgehead atoms. The van der Waals surface area contributed by atoms with Crippen LogP contribution in [0.4, 0.5) is 11.4 Å². The number of fused-ring (bicyclic) bond motifs is 2. The molecule has 0 radical (unpaired) electrons. The lowest BCUT2D eigenvalue weighted by molar-refractivity contribution is -0.394. The van der Waals surface area contributed by atoms with Crippen LogP contribution in [0.3, 0.4) is 0 Å². The van der Waals surface area contributed by atoms with Gasteiger partial charge in [-0.3, -0.25) is 29.6 Å². The van der Waals surface area contributed by atoms with E-state index in [1.807, 2.05) is 30.3 Å². The number of nitro benzene ring substituents is 2. The number of rotatable bonds is 9. The van der Waals surface area contributed by atoms with Gasteiger partial charge in [-0.05, 0) is 54.5 Å². The van der Waals surface area contributed by atoms with Crippen molar-refractivity contribution in [3.8, 4) is 23.0 Å². The molecule has 0 aliphatic carbocycles. The summed E-state index contributed by atoms with van der Waals surface area (Å²) in [6, 6.07) is 23.0. The van der Waals surface area contributed by atoms with E-state index in [1.165, 1.54) is 4.57 Å². The van der Waals surface area contributed by atoms with E-state index in [1.54, 1.807) is 55.5 Å². The average Bonchev–Trinajstić information content (AvgIpc) is 3.72. The topological polar surface area (TPSA) is 175 Å². The van der Waals surface area contributed by atoms with Gasteiger partial charge in [-0.25, -0.2) is 9.79 Å². The van der Waals surface area contributed by atoms with E-state index in [-0.39, 0.29) is 30.5 Å². The summed E-state index contributed by atoms with van der Waals surface area (Å²) in [6.45, 7) is 1.86. The lowest BCUT2D eigenvalue weighted by Gasteiger charge is -2.26. The van der Waals surface area contributed by atoms with Crippen LogP contribution < -0.4 is 29.1 Å². The Bertz CT molecular complexity index is 2400. The fraction of sp³-hybridized carbons (Fsp3) is 0.114. The first-order chi connectivity index (χ1) is 24.2. The van der Waals surface area contributed by atoms with Gasteiger partial charge in [-0.2, -0.15) is 0 Å². The molecule has 0 fully saturated rings. The summed E-state index contributed by atoms with van der Waals surface area (Å²) < 4.78 is 24.1. The van der Waals surface area contributed by atoms with Crippen LogP contribution in [0, 0.1) is 20.2 Å². The SMILES string of the molecule is CCOC(=O)C1=C(c2ccccc2)N=c2sc(=Cc3ccc(Oc4ccc([N+](=O)[O-])cc4[N+](=O)[O-])cc3)c(=O)n2C1c1ccc2c(c1)OCO2. The molecule has 2 aliphatic rings. The Kier molecular flexibility index (Phi) is 8.39. The standard InChI is InChI=1S/C35H24N4O10S/c1-2-46-34(41)30-31(21-6-4-3-5-7-21)36-35-37(32(30)22-10-14-27-28(17-22)48-19-47-27)33(40)29(50-35)16-20-8-12-24(13-9-20)49-26-15-11-23(38(42)43)18-25(26)39(44)45/h3-18,32H,2,19H2,1H3. The van der Waals surface area contributed by atoms with Crippen molar-refractivity contribution in [1.29, 1.82) is 0 Å². The van der Waals surface area contributed by atoms with Crippen molar-refractivity contribution < 1.29 is 33.6 Å². The summed E-state index contributed by atoms with van der Waals surface area (Å²) in [6.07, 6.45) is 1.66. The van der Waals surface area contributed by atoms with Gasteiger partial charge < -0.3 is 18.9 Å². The molecule has 5 aromatic rings. The van der Waals surface area contributed by atoms with E-state index in [2.05, 4.69) is 0 Å². The predicted molar refractivity (Wildman–Crippen MR) is 180 cm³/mol. The van der Waals surface area contributed by atoms with Crippen LogP contribution in [0.5, 0.6) is 23.0 Å². The number of carbonyl (C=O) groups excluding carboxylic acids is 1. The number of aromatic nitrogens is 1. The van der Waals surface area contributed by atoms with Crippen LogP contribution in [0.25, 0.3) is 11.8 Å². The molecule has 50 heavy (non-hydrogen) atoms.